The van der Waals surface area contributed by atoms with Gasteiger partial charge in [-0.3, -0.25) is 0 Å². The molecule has 118 valence electrons. The van der Waals surface area contributed by atoms with Gasteiger partial charge in [-0.25, -0.2) is 4.99 Å². The Morgan fingerprint density at radius 3 is 2.08 bits per heavy atom. The van der Waals surface area contributed by atoms with Crippen LogP contribution in [0.5, 0.6) is 0 Å². The fraction of sp³-hybridized carbons (Fsp3) is 0. The number of fused-ring (bicyclic) bond motifs is 1. The Labute approximate surface area is 156 Å². The van der Waals surface area contributed by atoms with Crippen LogP contribution < -0.4 is 17.0 Å². The van der Waals surface area contributed by atoms with Crippen molar-refractivity contribution >= 4 is 29.2 Å². The number of halogens is 1. The molecule has 0 atom stereocenters. The molecule has 1 nitrogen and oxygen atoms in total. The van der Waals surface area contributed by atoms with E-state index in [4.69, 9.17) is 4.99 Å². The second-order valence-electron chi connectivity index (χ2n) is 5.32. The number of aliphatic imine (C=N–C) groups is 1. The standard InChI is InChI=1S/C21H15NS.BrH/c1-3-9-16(10-4-1)15-20-21(17-11-5-2-6-12-17)22-18-13-7-8-14-19(18)23-20;/h1-15H;1H/p-1/b20-15-;. The van der Waals surface area contributed by atoms with Crippen LogP contribution in [0.1, 0.15) is 11.1 Å². The third kappa shape index (κ3) is 3.53. The van der Waals surface area contributed by atoms with E-state index in [0.717, 1.165) is 17.0 Å². The van der Waals surface area contributed by atoms with Crippen LogP contribution >= 0.6 is 11.8 Å². The summed E-state index contributed by atoms with van der Waals surface area (Å²) in [5.41, 5.74) is 4.43. The van der Waals surface area contributed by atoms with Gasteiger partial charge in [0.05, 0.1) is 11.4 Å². The first-order valence-corrected chi connectivity index (χ1v) is 8.40. The fourth-order valence-corrected chi connectivity index (χ4v) is 3.64. The molecule has 0 unspecified atom stereocenters. The highest BCUT2D eigenvalue weighted by Crippen LogP contribution is 2.42. The smallest absolute Gasteiger partial charge is 0.0849 e. The highest BCUT2D eigenvalue weighted by molar-refractivity contribution is 8.04. The van der Waals surface area contributed by atoms with E-state index in [0.29, 0.717) is 0 Å². The first-order valence-electron chi connectivity index (χ1n) is 7.58. The summed E-state index contributed by atoms with van der Waals surface area (Å²) in [7, 11) is 0. The van der Waals surface area contributed by atoms with Crippen molar-refractivity contribution < 1.29 is 17.0 Å². The molecule has 0 radical (unpaired) electrons. The second kappa shape index (κ2) is 7.65. The number of allylic oxidation sites excluding steroid dienone is 1. The molecular formula is C21H15BrNS-. The SMILES string of the molecule is C(=C1/Sc2ccccc2N=C1c1ccccc1)/c1ccccc1.[Br-]. The van der Waals surface area contributed by atoms with Crippen LogP contribution in [0.3, 0.4) is 0 Å². The van der Waals surface area contributed by atoms with Gasteiger partial charge in [-0.05, 0) is 23.8 Å². The highest BCUT2D eigenvalue weighted by atomic mass is 79.9. The quantitative estimate of drug-likeness (QED) is 0.652. The molecule has 0 amide bonds. The number of nitrogens with zero attached hydrogens (tertiary/aromatic N) is 1. The van der Waals surface area contributed by atoms with Crippen LogP contribution in [0.4, 0.5) is 5.69 Å². The maximum absolute atomic E-state index is 4.92. The molecule has 3 aromatic carbocycles. The Morgan fingerprint density at radius 1 is 0.708 bits per heavy atom. The summed E-state index contributed by atoms with van der Waals surface area (Å²) in [5, 5.41) is 0. The predicted molar refractivity (Wildman–Crippen MR) is 99.4 cm³/mol. The summed E-state index contributed by atoms with van der Waals surface area (Å²) in [6, 6.07) is 29.1. The van der Waals surface area contributed by atoms with Gasteiger partial charge in [0.2, 0.25) is 0 Å². The van der Waals surface area contributed by atoms with Crippen molar-refractivity contribution in [1.29, 1.82) is 0 Å². The number of rotatable bonds is 2. The van der Waals surface area contributed by atoms with Gasteiger partial charge in [0.25, 0.3) is 0 Å². The Kier molecular flexibility index (Phi) is 5.34. The maximum atomic E-state index is 4.92. The molecule has 0 saturated heterocycles. The highest BCUT2D eigenvalue weighted by Gasteiger charge is 2.19. The Hall–Kier alpha value is -2.10. The van der Waals surface area contributed by atoms with Gasteiger partial charge in [-0.1, -0.05) is 84.6 Å². The first kappa shape index (κ1) is 16.7. The average molecular weight is 393 g/mol. The van der Waals surface area contributed by atoms with E-state index in [1.807, 2.05) is 18.2 Å². The Morgan fingerprint density at radius 2 is 1.33 bits per heavy atom. The van der Waals surface area contributed by atoms with Crippen molar-refractivity contribution in [1.82, 2.24) is 0 Å². The molecule has 0 fully saturated rings. The van der Waals surface area contributed by atoms with E-state index in [2.05, 4.69) is 72.8 Å². The molecule has 3 heteroatoms. The summed E-state index contributed by atoms with van der Waals surface area (Å²) in [5.74, 6) is 0. The molecule has 0 aliphatic carbocycles. The van der Waals surface area contributed by atoms with Gasteiger partial charge in [0.1, 0.15) is 0 Å². The minimum Gasteiger partial charge on any atom is -1.00 e. The zero-order chi connectivity index (χ0) is 15.5. The molecule has 0 aromatic heterocycles. The van der Waals surface area contributed by atoms with Crippen LogP contribution in [0.15, 0.2) is 99.7 Å². The van der Waals surface area contributed by atoms with Gasteiger partial charge in [0, 0.05) is 15.4 Å². The fourth-order valence-electron chi connectivity index (χ4n) is 2.58. The minimum atomic E-state index is 0. The zero-order valence-electron chi connectivity index (χ0n) is 12.9. The molecule has 0 saturated carbocycles. The van der Waals surface area contributed by atoms with E-state index in [-0.39, 0.29) is 17.0 Å². The average Bonchev–Trinajstić information content (AvgIpc) is 2.63. The lowest BCUT2D eigenvalue weighted by Crippen LogP contribution is -3.00. The molecule has 0 N–H and O–H groups in total. The summed E-state index contributed by atoms with van der Waals surface area (Å²) in [6.07, 6.45) is 2.21. The lowest BCUT2D eigenvalue weighted by atomic mass is 10.1. The van der Waals surface area contributed by atoms with Crippen LogP contribution in [0.25, 0.3) is 6.08 Å². The molecule has 1 aliphatic heterocycles. The molecular weight excluding hydrogens is 378 g/mol. The van der Waals surface area contributed by atoms with Gasteiger partial charge >= 0.3 is 0 Å². The van der Waals surface area contributed by atoms with Crippen molar-refractivity contribution in [2.75, 3.05) is 0 Å². The lowest BCUT2D eigenvalue weighted by Gasteiger charge is -2.18. The topological polar surface area (TPSA) is 12.4 Å². The van der Waals surface area contributed by atoms with Crippen LogP contribution in [0.2, 0.25) is 0 Å². The van der Waals surface area contributed by atoms with Gasteiger partial charge < -0.3 is 17.0 Å². The van der Waals surface area contributed by atoms with E-state index >= 15 is 0 Å². The van der Waals surface area contributed by atoms with E-state index in [1.165, 1.54) is 15.4 Å². The molecule has 3 aromatic rings. The van der Waals surface area contributed by atoms with Crippen molar-refractivity contribution in [3.8, 4) is 0 Å². The maximum Gasteiger partial charge on any atom is 0.0849 e. The molecule has 1 heterocycles. The number of thioether (sulfide) groups is 1. The summed E-state index contributed by atoms with van der Waals surface area (Å²) < 4.78 is 0. The number of benzene rings is 3. The van der Waals surface area contributed by atoms with Crippen LogP contribution in [0, 0.1) is 0 Å². The number of hydrogen-bond acceptors (Lipinski definition) is 2. The van der Waals surface area contributed by atoms with Gasteiger partial charge in [0.15, 0.2) is 0 Å². The molecule has 24 heavy (non-hydrogen) atoms. The summed E-state index contributed by atoms with van der Waals surface area (Å²) >= 11 is 1.79. The molecule has 0 spiro atoms. The van der Waals surface area contributed by atoms with Gasteiger partial charge in [-0.2, -0.15) is 0 Å². The van der Waals surface area contributed by atoms with Crippen molar-refractivity contribution in [3.63, 3.8) is 0 Å². The van der Waals surface area contributed by atoms with E-state index in [9.17, 15) is 0 Å². The van der Waals surface area contributed by atoms with Crippen molar-refractivity contribution in [2.24, 2.45) is 4.99 Å². The van der Waals surface area contributed by atoms with E-state index < -0.39 is 0 Å². The second-order valence-corrected chi connectivity index (χ2v) is 6.40. The predicted octanol–water partition coefficient (Wildman–Crippen LogP) is 2.96. The third-order valence-corrected chi connectivity index (χ3v) is 4.79. The minimum absolute atomic E-state index is 0. The molecule has 1 aliphatic rings. The zero-order valence-corrected chi connectivity index (χ0v) is 15.3. The summed E-state index contributed by atoms with van der Waals surface area (Å²) in [4.78, 5) is 7.31. The monoisotopic (exact) mass is 392 g/mol. The molecule has 4 rings (SSSR count). The third-order valence-electron chi connectivity index (χ3n) is 3.70. The number of hydrogen-bond donors (Lipinski definition) is 0. The largest absolute Gasteiger partial charge is 1.00 e. The lowest BCUT2D eigenvalue weighted by molar-refractivity contribution is -0.00000437. The Balaban J connectivity index is 0.00000169. The van der Waals surface area contributed by atoms with Crippen molar-refractivity contribution in [3.05, 3.63) is 101 Å². The van der Waals surface area contributed by atoms with Crippen LogP contribution in [-0.2, 0) is 0 Å². The van der Waals surface area contributed by atoms with Crippen LogP contribution in [-0.4, -0.2) is 5.71 Å². The normalized spacial score (nSPS) is 14.5. The molecule has 0 bridgehead atoms. The number of para-hydroxylation sites is 1. The Bertz CT molecular complexity index is 886. The first-order chi connectivity index (χ1) is 11.4. The summed E-state index contributed by atoms with van der Waals surface area (Å²) in [6.45, 7) is 0. The van der Waals surface area contributed by atoms with Gasteiger partial charge in [-0.15, -0.1) is 0 Å². The van der Waals surface area contributed by atoms with Crippen molar-refractivity contribution in [2.45, 2.75) is 4.90 Å². The van der Waals surface area contributed by atoms with E-state index in [1.54, 1.807) is 11.8 Å².